The first-order valence-corrected chi connectivity index (χ1v) is 8.05. The van der Waals surface area contributed by atoms with E-state index in [2.05, 4.69) is 47.9 Å². The second kappa shape index (κ2) is 5.74. The van der Waals surface area contributed by atoms with Gasteiger partial charge in [0.2, 0.25) is 0 Å². The Morgan fingerprint density at radius 3 is 2.70 bits per heavy atom. The summed E-state index contributed by atoms with van der Waals surface area (Å²) in [5.74, 6) is 0. The van der Waals surface area contributed by atoms with Crippen LogP contribution >= 0.6 is 0 Å². The lowest BCUT2D eigenvalue weighted by atomic mass is 10.0. The molecule has 1 aromatic rings. The lowest BCUT2D eigenvalue weighted by molar-refractivity contribution is 0.203. The lowest BCUT2D eigenvalue weighted by Gasteiger charge is -2.43. The van der Waals surface area contributed by atoms with E-state index >= 15 is 0 Å². The fourth-order valence-corrected chi connectivity index (χ4v) is 3.70. The van der Waals surface area contributed by atoms with Crippen LogP contribution in [0.3, 0.4) is 0 Å². The normalized spacial score (nSPS) is 28.4. The number of nitrogens with two attached hydrogens (primary N) is 1. The molecule has 3 unspecified atom stereocenters. The molecule has 3 atom stereocenters. The summed E-state index contributed by atoms with van der Waals surface area (Å²) < 4.78 is 0. The number of anilines is 1. The van der Waals surface area contributed by atoms with Crippen molar-refractivity contribution in [1.29, 1.82) is 0 Å². The summed E-state index contributed by atoms with van der Waals surface area (Å²) in [7, 11) is 0. The number of fused-ring (bicyclic) bond motifs is 1. The Hall–Kier alpha value is -1.06. The molecular weight excluding hydrogens is 246 g/mol. The van der Waals surface area contributed by atoms with E-state index < -0.39 is 0 Å². The highest BCUT2D eigenvalue weighted by Gasteiger charge is 2.34. The fourth-order valence-electron chi connectivity index (χ4n) is 3.70. The van der Waals surface area contributed by atoms with Crippen LogP contribution in [0.2, 0.25) is 0 Å². The molecule has 0 aliphatic carbocycles. The van der Waals surface area contributed by atoms with E-state index in [4.69, 9.17) is 5.73 Å². The molecule has 3 heteroatoms. The van der Waals surface area contributed by atoms with Crippen molar-refractivity contribution >= 4 is 5.69 Å². The van der Waals surface area contributed by atoms with Gasteiger partial charge in [-0.25, -0.2) is 0 Å². The molecule has 3 rings (SSSR count). The van der Waals surface area contributed by atoms with Gasteiger partial charge in [-0.3, -0.25) is 4.90 Å². The SMILES string of the molecule is CCC(N)c1ccc(N2CC3CCCN3CC2C)cc1. The fraction of sp³-hybridized carbons (Fsp3) is 0.647. The van der Waals surface area contributed by atoms with E-state index in [1.165, 1.54) is 43.7 Å². The van der Waals surface area contributed by atoms with E-state index in [0.29, 0.717) is 6.04 Å². The molecule has 0 radical (unpaired) electrons. The third kappa shape index (κ3) is 2.57. The number of benzene rings is 1. The van der Waals surface area contributed by atoms with Gasteiger partial charge in [-0.15, -0.1) is 0 Å². The third-order valence-electron chi connectivity index (χ3n) is 5.03. The first-order chi connectivity index (χ1) is 9.69. The number of rotatable bonds is 3. The highest BCUT2D eigenvalue weighted by molar-refractivity contribution is 5.49. The van der Waals surface area contributed by atoms with E-state index in [-0.39, 0.29) is 6.04 Å². The Morgan fingerprint density at radius 1 is 1.25 bits per heavy atom. The molecule has 0 amide bonds. The van der Waals surface area contributed by atoms with Gasteiger partial charge in [0.25, 0.3) is 0 Å². The van der Waals surface area contributed by atoms with Crippen molar-refractivity contribution in [3.05, 3.63) is 29.8 Å². The van der Waals surface area contributed by atoms with Crippen molar-refractivity contribution in [1.82, 2.24) is 4.90 Å². The second-order valence-electron chi connectivity index (χ2n) is 6.40. The van der Waals surface area contributed by atoms with Gasteiger partial charge in [0, 0.05) is 36.9 Å². The van der Waals surface area contributed by atoms with E-state index in [1.807, 2.05) is 0 Å². The Balaban J connectivity index is 1.74. The predicted molar refractivity (Wildman–Crippen MR) is 85.1 cm³/mol. The number of hydrogen-bond donors (Lipinski definition) is 1. The molecule has 0 saturated carbocycles. The van der Waals surface area contributed by atoms with E-state index in [0.717, 1.165) is 12.5 Å². The molecule has 0 spiro atoms. The molecular formula is C17H27N3. The van der Waals surface area contributed by atoms with Gasteiger partial charge in [0.05, 0.1) is 0 Å². The average Bonchev–Trinajstić information content (AvgIpc) is 2.93. The molecule has 2 fully saturated rings. The summed E-state index contributed by atoms with van der Waals surface area (Å²) in [6.45, 7) is 8.18. The van der Waals surface area contributed by atoms with Crippen LogP contribution in [0, 0.1) is 0 Å². The second-order valence-corrected chi connectivity index (χ2v) is 6.40. The van der Waals surface area contributed by atoms with Crippen LogP contribution in [0.15, 0.2) is 24.3 Å². The average molecular weight is 273 g/mol. The van der Waals surface area contributed by atoms with Crippen LogP contribution in [0.5, 0.6) is 0 Å². The number of hydrogen-bond acceptors (Lipinski definition) is 3. The van der Waals surface area contributed by atoms with Gasteiger partial charge < -0.3 is 10.6 Å². The quantitative estimate of drug-likeness (QED) is 0.919. The van der Waals surface area contributed by atoms with Crippen LogP contribution in [-0.2, 0) is 0 Å². The van der Waals surface area contributed by atoms with Crippen LogP contribution in [-0.4, -0.2) is 36.6 Å². The molecule has 2 N–H and O–H groups in total. The van der Waals surface area contributed by atoms with Crippen LogP contribution < -0.4 is 10.6 Å². The van der Waals surface area contributed by atoms with Crippen LogP contribution in [0.1, 0.15) is 44.7 Å². The summed E-state index contributed by atoms with van der Waals surface area (Å²) in [5.41, 5.74) is 8.71. The maximum Gasteiger partial charge on any atom is 0.0389 e. The summed E-state index contributed by atoms with van der Waals surface area (Å²) in [5, 5.41) is 0. The molecule has 3 nitrogen and oxygen atoms in total. The molecule has 1 aromatic carbocycles. The summed E-state index contributed by atoms with van der Waals surface area (Å²) in [6.07, 6.45) is 3.73. The monoisotopic (exact) mass is 273 g/mol. The van der Waals surface area contributed by atoms with Crippen molar-refractivity contribution in [3.63, 3.8) is 0 Å². The largest absolute Gasteiger partial charge is 0.366 e. The molecule has 2 aliphatic rings. The standard InChI is InChI=1S/C17H27N3/c1-3-17(18)14-6-8-15(9-7-14)20-12-16-5-4-10-19(16)11-13(20)2/h6-9,13,16-17H,3-5,10-12,18H2,1-2H3. The molecule has 2 saturated heterocycles. The van der Waals surface area contributed by atoms with Crippen molar-refractivity contribution < 1.29 is 0 Å². The third-order valence-corrected chi connectivity index (χ3v) is 5.03. The zero-order chi connectivity index (χ0) is 14.1. The highest BCUT2D eigenvalue weighted by atomic mass is 15.3. The van der Waals surface area contributed by atoms with E-state index in [9.17, 15) is 0 Å². The zero-order valence-electron chi connectivity index (χ0n) is 12.8. The Bertz CT molecular complexity index is 442. The minimum absolute atomic E-state index is 0.174. The molecule has 2 aliphatic heterocycles. The summed E-state index contributed by atoms with van der Waals surface area (Å²) in [4.78, 5) is 5.25. The summed E-state index contributed by atoms with van der Waals surface area (Å²) in [6, 6.07) is 10.5. The molecule has 2 heterocycles. The molecule has 20 heavy (non-hydrogen) atoms. The van der Waals surface area contributed by atoms with Gasteiger partial charge in [0.15, 0.2) is 0 Å². The maximum absolute atomic E-state index is 6.10. The van der Waals surface area contributed by atoms with Crippen LogP contribution in [0.25, 0.3) is 0 Å². The van der Waals surface area contributed by atoms with Crippen molar-refractivity contribution in [2.45, 2.75) is 51.2 Å². The zero-order valence-corrected chi connectivity index (χ0v) is 12.8. The topological polar surface area (TPSA) is 32.5 Å². The van der Waals surface area contributed by atoms with Gasteiger partial charge in [-0.1, -0.05) is 19.1 Å². The van der Waals surface area contributed by atoms with Gasteiger partial charge in [-0.05, 0) is 50.4 Å². The lowest BCUT2D eigenvalue weighted by Crippen LogP contribution is -2.55. The Morgan fingerprint density at radius 2 is 2.00 bits per heavy atom. The van der Waals surface area contributed by atoms with Crippen LogP contribution in [0.4, 0.5) is 5.69 Å². The van der Waals surface area contributed by atoms with Crippen molar-refractivity contribution in [2.24, 2.45) is 5.73 Å². The number of nitrogens with zero attached hydrogens (tertiary/aromatic N) is 2. The Labute approximate surface area is 122 Å². The highest BCUT2D eigenvalue weighted by Crippen LogP contribution is 2.29. The number of piperazine rings is 1. The first-order valence-electron chi connectivity index (χ1n) is 8.05. The summed E-state index contributed by atoms with van der Waals surface area (Å²) >= 11 is 0. The van der Waals surface area contributed by atoms with Gasteiger partial charge in [0.1, 0.15) is 0 Å². The minimum atomic E-state index is 0.174. The first kappa shape index (κ1) is 13.9. The maximum atomic E-state index is 6.10. The van der Waals surface area contributed by atoms with Crippen molar-refractivity contribution in [2.75, 3.05) is 24.5 Å². The van der Waals surface area contributed by atoms with E-state index in [1.54, 1.807) is 0 Å². The minimum Gasteiger partial charge on any atom is -0.366 e. The molecule has 0 aromatic heterocycles. The van der Waals surface area contributed by atoms with Gasteiger partial charge in [-0.2, -0.15) is 0 Å². The molecule has 110 valence electrons. The predicted octanol–water partition coefficient (Wildman–Crippen LogP) is 2.77. The Kier molecular flexibility index (Phi) is 3.99. The van der Waals surface area contributed by atoms with Crippen molar-refractivity contribution in [3.8, 4) is 0 Å². The van der Waals surface area contributed by atoms with Gasteiger partial charge >= 0.3 is 0 Å². The molecule has 0 bridgehead atoms. The smallest absolute Gasteiger partial charge is 0.0389 e.